The van der Waals surface area contributed by atoms with Gasteiger partial charge in [0.2, 0.25) is 11.8 Å². The lowest BCUT2D eigenvalue weighted by molar-refractivity contribution is -0.132. The Hall–Kier alpha value is -3.22. The molecule has 2 aromatic carbocycles. The molecule has 1 amide bonds. The number of aryl methyl sites for hydroxylation is 1. The van der Waals surface area contributed by atoms with E-state index in [1.165, 1.54) is 10.7 Å². The number of likely N-dealkylation sites (tertiary alicyclic amines) is 1. The third-order valence-electron chi connectivity index (χ3n) is 5.96. The van der Waals surface area contributed by atoms with E-state index >= 15 is 0 Å². The number of amides is 1. The Bertz CT molecular complexity index is 1090. The predicted molar refractivity (Wildman–Crippen MR) is 118 cm³/mol. The number of piperidine rings is 1. The summed E-state index contributed by atoms with van der Waals surface area (Å²) in [5.41, 5.74) is 2.29. The molecular formula is C25H27F2N3O2. The monoisotopic (exact) mass is 439 g/mol. The third-order valence-corrected chi connectivity index (χ3v) is 5.96. The van der Waals surface area contributed by atoms with Gasteiger partial charge in [-0.05, 0) is 37.3 Å². The van der Waals surface area contributed by atoms with Crippen LogP contribution in [0.1, 0.15) is 31.7 Å². The van der Waals surface area contributed by atoms with Gasteiger partial charge in [0.25, 0.3) is 0 Å². The highest BCUT2D eigenvalue weighted by Crippen LogP contribution is 2.35. The molecule has 32 heavy (non-hydrogen) atoms. The minimum atomic E-state index is -0.795. The van der Waals surface area contributed by atoms with Crippen LogP contribution in [0.15, 0.2) is 48.5 Å². The van der Waals surface area contributed by atoms with Crippen LogP contribution in [0.3, 0.4) is 0 Å². The number of halogens is 2. The first kappa shape index (κ1) is 22.0. The van der Waals surface area contributed by atoms with Gasteiger partial charge in [-0.3, -0.25) is 4.79 Å². The number of aromatic nitrogens is 2. The molecule has 0 spiro atoms. The molecule has 0 N–H and O–H groups in total. The highest BCUT2D eigenvalue weighted by atomic mass is 19.1. The Morgan fingerprint density at radius 2 is 1.84 bits per heavy atom. The summed E-state index contributed by atoms with van der Waals surface area (Å²) < 4.78 is 35.0. The van der Waals surface area contributed by atoms with E-state index in [-0.39, 0.29) is 11.7 Å². The lowest BCUT2D eigenvalue weighted by Crippen LogP contribution is -2.38. The second-order valence-corrected chi connectivity index (χ2v) is 8.36. The molecule has 3 aromatic rings. The van der Waals surface area contributed by atoms with Gasteiger partial charge in [0, 0.05) is 43.8 Å². The van der Waals surface area contributed by atoms with E-state index in [0.29, 0.717) is 30.3 Å². The summed E-state index contributed by atoms with van der Waals surface area (Å²) in [5.74, 6) is -0.476. The van der Waals surface area contributed by atoms with Crippen molar-refractivity contribution >= 4 is 5.91 Å². The molecular weight excluding hydrogens is 412 g/mol. The zero-order valence-corrected chi connectivity index (χ0v) is 18.4. The van der Waals surface area contributed by atoms with Gasteiger partial charge in [0.1, 0.15) is 5.82 Å². The van der Waals surface area contributed by atoms with Crippen molar-refractivity contribution in [3.8, 4) is 22.9 Å². The summed E-state index contributed by atoms with van der Waals surface area (Å²) in [6, 6.07) is 12.8. The van der Waals surface area contributed by atoms with Crippen molar-refractivity contribution in [2.45, 2.75) is 32.6 Å². The van der Waals surface area contributed by atoms with E-state index < -0.39 is 11.6 Å². The second-order valence-electron chi connectivity index (χ2n) is 8.36. The lowest BCUT2D eigenvalue weighted by Gasteiger charge is -2.30. The second kappa shape index (κ2) is 9.51. The maximum Gasteiger partial charge on any atom is 0.222 e. The maximum atomic E-state index is 14.3. The summed E-state index contributed by atoms with van der Waals surface area (Å²) in [4.78, 5) is 14.8. The van der Waals surface area contributed by atoms with Gasteiger partial charge >= 0.3 is 0 Å². The van der Waals surface area contributed by atoms with Gasteiger partial charge in [-0.25, -0.2) is 13.5 Å². The zero-order valence-electron chi connectivity index (χ0n) is 18.4. The third kappa shape index (κ3) is 4.82. The molecule has 1 fully saturated rings. The standard InChI is InChI=1S/C25H27F2N3O2/c1-17-12-14-30(15-13-17)23(31)11-9-20-24(18-6-4-3-5-7-18)28-29(2)25(20)32-22-10-8-19(26)16-21(22)27/h3-8,10,16-17H,9,11-15H2,1-2H3. The Balaban J connectivity index is 1.62. The predicted octanol–water partition coefficient (Wildman–Crippen LogP) is 5.35. The number of hydrogen-bond acceptors (Lipinski definition) is 3. The van der Waals surface area contributed by atoms with E-state index in [1.807, 2.05) is 35.2 Å². The first-order valence-electron chi connectivity index (χ1n) is 10.9. The summed E-state index contributed by atoms with van der Waals surface area (Å²) in [6.45, 7) is 3.77. The van der Waals surface area contributed by atoms with Crippen LogP contribution >= 0.6 is 0 Å². The summed E-state index contributed by atoms with van der Waals surface area (Å²) in [6.07, 6.45) is 2.75. The van der Waals surface area contributed by atoms with E-state index in [4.69, 9.17) is 4.74 Å². The minimum absolute atomic E-state index is 0.0911. The summed E-state index contributed by atoms with van der Waals surface area (Å²) >= 11 is 0. The van der Waals surface area contributed by atoms with Crippen molar-refractivity contribution in [2.75, 3.05) is 13.1 Å². The lowest BCUT2D eigenvalue weighted by atomic mass is 9.98. The first-order valence-corrected chi connectivity index (χ1v) is 10.9. The summed E-state index contributed by atoms with van der Waals surface area (Å²) in [7, 11) is 1.71. The van der Waals surface area contributed by atoms with Gasteiger partial charge in [-0.2, -0.15) is 5.10 Å². The number of rotatable bonds is 6. The van der Waals surface area contributed by atoms with Crippen molar-refractivity contribution in [1.29, 1.82) is 0 Å². The molecule has 168 valence electrons. The molecule has 1 aliphatic rings. The number of benzene rings is 2. The quantitative estimate of drug-likeness (QED) is 0.520. The maximum absolute atomic E-state index is 14.3. The molecule has 0 aliphatic carbocycles. The average Bonchev–Trinajstić information content (AvgIpc) is 3.10. The molecule has 7 heteroatoms. The molecule has 0 unspecified atom stereocenters. The highest BCUT2D eigenvalue weighted by Gasteiger charge is 2.24. The van der Waals surface area contributed by atoms with E-state index in [0.717, 1.165) is 49.2 Å². The van der Waals surface area contributed by atoms with Gasteiger partial charge in [-0.15, -0.1) is 0 Å². The first-order chi connectivity index (χ1) is 15.4. The van der Waals surface area contributed by atoms with E-state index in [9.17, 15) is 13.6 Å². The Labute approximate surface area is 186 Å². The Morgan fingerprint density at radius 1 is 1.12 bits per heavy atom. The van der Waals surface area contributed by atoms with Crippen molar-refractivity contribution < 1.29 is 18.3 Å². The Morgan fingerprint density at radius 3 is 2.53 bits per heavy atom. The van der Waals surface area contributed by atoms with Gasteiger partial charge < -0.3 is 9.64 Å². The van der Waals surface area contributed by atoms with Gasteiger partial charge in [0.15, 0.2) is 11.6 Å². The molecule has 0 atom stereocenters. The fourth-order valence-corrected chi connectivity index (χ4v) is 4.04. The zero-order chi connectivity index (χ0) is 22.7. The normalized spacial score (nSPS) is 14.6. The van der Waals surface area contributed by atoms with Gasteiger partial charge in [-0.1, -0.05) is 37.3 Å². The van der Waals surface area contributed by atoms with Crippen LogP contribution in [0.2, 0.25) is 0 Å². The molecule has 5 nitrogen and oxygen atoms in total. The van der Waals surface area contributed by atoms with Crippen LogP contribution in [0, 0.1) is 17.6 Å². The molecule has 1 aromatic heterocycles. The van der Waals surface area contributed by atoms with Crippen molar-refractivity contribution in [1.82, 2.24) is 14.7 Å². The van der Waals surface area contributed by atoms with Crippen LogP contribution < -0.4 is 4.74 Å². The van der Waals surface area contributed by atoms with Crippen LogP contribution in [-0.4, -0.2) is 33.7 Å². The number of nitrogens with zero attached hydrogens (tertiary/aromatic N) is 3. The summed E-state index contributed by atoms with van der Waals surface area (Å²) in [5, 5.41) is 4.59. The van der Waals surface area contributed by atoms with Crippen LogP contribution in [0.4, 0.5) is 8.78 Å². The molecule has 1 saturated heterocycles. The van der Waals surface area contributed by atoms with Crippen molar-refractivity contribution in [3.63, 3.8) is 0 Å². The van der Waals surface area contributed by atoms with Crippen LogP contribution in [-0.2, 0) is 18.3 Å². The Kier molecular flexibility index (Phi) is 6.53. The van der Waals surface area contributed by atoms with E-state index in [2.05, 4.69) is 12.0 Å². The number of hydrogen-bond donors (Lipinski definition) is 0. The minimum Gasteiger partial charge on any atom is -0.436 e. The topological polar surface area (TPSA) is 47.4 Å². The molecule has 0 saturated carbocycles. The van der Waals surface area contributed by atoms with E-state index in [1.54, 1.807) is 7.05 Å². The number of carbonyl (C=O) groups is 1. The molecule has 4 rings (SSSR count). The van der Waals surface area contributed by atoms with Gasteiger partial charge in [0.05, 0.1) is 5.69 Å². The molecule has 0 radical (unpaired) electrons. The number of carbonyl (C=O) groups excluding carboxylic acids is 1. The average molecular weight is 440 g/mol. The van der Waals surface area contributed by atoms with Crippen molar-refractivity contribution in [3.05, 3.63) is 65.7 Å². The van der Waals surface area contributed by atoms with Crippen LogP contribution in [0.5, 0.6) is 11.6 Å². The molecule has 1 aliphatic heterocycles. The molecule has 2 heterocycles. The number of ether oxygens (including phenoxy) is 1. The fourth-order valence-electron chi connectivity index (χ4n) is 4.04. The highest BCUT2D eigenvalue weighted by molar-refractivity contribution is 5.77. The van der Waals surface area contributed by atoms with Crippen molar-refractivity contribution in [2.24, 2.45) is 13.0 Å². The molecule has 0 bridgehead atoms. The fraction of sp³-hybridized carbons (Fsp3) is 0.360. The smallest absolute Gasteiger partial charge is 0.222 e. The SMILES string of the molecule is CC1CCN(C(=O)CCc2c(-c3ccccc3)nn(C)c2Oc2ccc(F)cc2F)CC1. The largest absolute Gasteiger partial charge is 0.436 e. The van der Waals surface area contributed by atoms with Crippen LogP contribution in [0.25, 0.3) is 11.3 Å².